The summed E-state index contributed by atoms with van der Waals surface area (Å²) < 4.78 is 5.93. The molecule has 2 amide bonds. The molecule has 6 heteroatoms. The molecule has 2 aromatic rings. The fraction of sp³-hybridized carbons (Fsp3) is 0.619. The molecule has 2 aliphatic rings. The lowest BCUT2D eigenvalue weighted by atomic mass is 9.98. The summed E-state index contributed by atoms with van der Waals surface area (Å²) in [4.78, 5) is 21.6. The number of carbonyl (C=O) groups is 1. The van der Waals surface area contributed by atoms with Crippen LogP contribution in [0.3, 0.4) is 0 Å². The largest absolute Gasteiger partial charge is 0.440 e. The van der Waals surface area contributed by atoms with Crippen molar-refractivity contribution in [3.63, 3.8) is 0 Å². The summed E-state index contributed by atoms with van der Waals surface area (Å²) in [5.41, 5.74) is 1.72. The molecule has 0 saturated carbocycles. The molecule has 146 valence electrons. The number of oxazole rings is 1. The first kappa shape index (κ1) is 18.3. The Labute approximate surface area is 160 Å². The summed E-state index contributed by atoms with van der Waals surface area (Å²) in [6, 6.07) is 7.89. The summed E-state index contributed by atoms with van der Waals surface area (Å²) in [6.45, 7) is 7.78. The number of benzene rings is 1. The second-order valence-electron chi connectivity index (χ2n) is 8.06. The predicted molar refractivity (Wildman–Crippen MR) is 106 cm³/mol. The van der Waals surface area contributed by atoms with E-state index >= 15 is 0 Å². The third-order valence-corrected chi connectivity index (χ3v) is 5.95. The van der Waals surface area contributed by atoms with Crippen molar-refractivity contribution in [2.45, 2.75) is 38.5 Å². The third kappa shape index (κ3) is 4.43. The molecule has 1 aromatic heterocycles. The molecule has 0 bridgehead atoms. The standard InChI is InChI=1S/C21H30N4O2/c1-16-8-12-24(13-9-16)14-10-22-21(26)25-11-4-5-17(15-25)20-23-18-6-2-3-7-19(18)27-20/h2-3,6-7,16-17H,4-5,8-15H2,1H3,(H,22,26). The monoisotopic (exact) mass is 370 g/mol. The zero-order valence-corrected chi connectivity index (χ0v) is 16.2. The van der Waals surface area contributed by atoms with Gasteiger partial charge in [0.2, 0.25) is 0 Å². The van der Waals surface area contributed by atoms with Crippen LogP contribution >= 0.6 is 0 Å². The molecule has 2 aliphatic heterocycles. The molecule has 4 rings (SSSR count). The highest BCUT2D eigenvalue weighted by Crippen LogP contribution is 2.28. The van der Waals surface area contributed by atoms with Crippen molar-refractivity contribution in [3.8, 4) is 0 Å². The smallest absolute Gasteiger partial charge is 0.317 e. The molecule has 1 aromatic carbocycles. The number of carbonyl (C=O) groups excluding carboxylic acids is 1. The number of nitrogens with one attached hydrogen (secondary N) is 1. The second-order valence-corrected chi connectivity index (χ2v) is 8.06. The highest BCUT2D eigenvalue weighted by Gasteiger charge is 2.28. The van der Waals surface area contributed by atoms with Crippen LogP contribution in [0.15, 0.2) is 28.7 Å². The normalized spacial score (nSPS) is 22.3. The van der Waals surface area contributed by atoms with Crippen LogP contribution < -0.4 is 5.32 Å². The number of rotatable bonds is 4. The Bertz CT molecular complexity index is 733. The molecule has 2 saturated heterocycles. The fourth-order valence-electron chi connectivity index (χ4n) is 4.15. The van der Waals surface area contributed by atoms with Crippen molar-refractivity contribution in [3.05, 3.63) is 30.2 Å². The van der Waals surface area contributed by atoms with Crippen LogP contribution in [0.5, 0.6) is 0 Å². The van der Waals surface area contributed by atoms with Crippen LogP contribution in [0.2, 0.25) is 0 Å². The first-order chi connectivity index (χ1) is 13.2. The Balaban J connectivity index is 1.28. The van der Waals surface area contributed by atoms with Crippen LogP contribution in [0.1, 0.15) is 44.4 Å². The van der Waals surface area contributed by atoms with E-state index in [2.05, 4.69) is 22.1 Å². The van der Waals surface area contributed by atoms with Crippen molar-refractivity contribution in [2.24, 2.45) is 5.92 Å². The lowest BCUT2D eigenvalue weighted by molar-refractivity contribution is 0.167. The lowest BCUT2D eigenvalue weighted by Gasteiger charge is -2.32. The molecule has 0 spiro atoms. The van der Waals surface area contributed by atoms with Gasteiger partial charge in [-0.2, -0.15) is 0 Å². The first-order valence-corrected chi connectivity index (χ1v) is 10.3. The SMILES string of the molecule is CC1CCN(CCNC(=O)N2CCCC(c3nc4ccccc4o3)C2)CC1. The van der Waals surface area contributed by atoms with Crippen molar-refractivity contribution >= 4 is 17.1 Å². The average Bonchev–Trinajstić information content (AvgIpc) is 3.14. The molecule has 2 fully saturated rings. The maximum atomic E-state index is 12.6. The van der Waals surface area contributed by atoms with Gasteiger partial charge in [0.05, 0.1) is 5.92 Å². The van der Waals surface area contributed by atoms with Gasteiger partial charge in [-0.25, -0.2) is 9.78 Å². The lowest BCUT2D eigenvalue weighted by Crippen LogP contribution is -2.47. The van der Waals surface area contributed by atoms with E-state index in [-0.39, 0.29) is 11.9 Å². The molecule has 0 aliphatic carbocycles. The highest BCUT2D eigenvalue weighted by molar-refractivity contribution is 5.74. The minimum Gasteiger partial charge on any atom is -0.440 e. The molecular weight excluding hydrogens is 340 g/mol. The molecule has 6 nitrogen and oxygen atoms in total. The van der Waals surface area contributed by atoms with Crippen molar-refractivity contribution < 1.29 is 9.21 Å². The minimum atomic E-state index is 0.0428. The Kier molecular flexibility index (Phi) is 5.62. The molecule has 0 radical (unpaired) electrons. The third-order valence-electron chi connectivity index (χ3n) is 5.95. The number of aromatic nitrogens is 1. The van der Waals surface area contributed by atoms with E-state index < -0.39 is 0 Å². The molecule has 3 heterocycles. The van der Waals surface area contributed by atoms with Gasteiger partial charge in [-0.3, -0.25) is 0 Å². The zero-order valence-electron chi connectivity index (χ0n) is 16.2. The predicted octanol–water partition coefficient (Wildman–Crippen LogP) is 3.45. The fourth-order valence-corrected chi connectivity index (χ4v) is 4.15. The summed E-state index contributed by atoms with van der Waals surface area (Å²) in [5.74, 6) is 1.78. The maximum Gasteiger partial charge on any atom is 0.317 e. The number of hydrogen-bond acceptors (Lipinski definition) is 4. The van der Waals surface area contributed by atoms with E-state index in [9.17, 15) is 4.79 Å². The van der Waals surface area contributed by atoms with E-state index in [0.29, 0.717) is 6.54 Å². The summed E-state index contributed by atoms with van der Waals surface area (Å²) in [5, 5.41) is 3.10. The van der Waals surface area contributed by atoms with Gasteiger partial charge in [-0.05, 0) is 56.8 Å². The van der Waals surface area contributed by atoms with Gasteiger partial charge in [0.1, 0.15) is 5.52 Å². The van der Waals surface area contributed by atoms with Gasteiger partial charge in [0, 0.05) is 26.2 Å². The quantitative estimate of drug-likeness (QED) is 0.895. The van der Waals surface area contributed by atoms with Crippen LogP contribution in [-0.2, 0) is 0 Å². The minimum absolute atomic E-state index is 0.0428. The number of urea groups is 1. The topological polar surface area (TPSA) is 61.6 Å². The van der Waals surface area contributed by atoms with Crippen molar-refractivity contribution in [1.82, 2.24) is 20.1 Å². The second kappa shape index (κ2) is 8.30. The van der Waals surface area contributed by atoms with Gasteiger partial charge in [-0.15, -0.1) is 0 Å². The van der Waals surface area contributed by atoms with Crippen LogP contribution in [-0.4, -0.2) is 60.1 Å². The molecule has 1 N–H and O–H groups in total. The Morgan fingerprint density at radius 1 is 1.22 bits per heavy atom. The number of nitrogens with zero attached hydrogens (tertiary/aromatic N) is 3. The summed E-state index contributed by atoms with van der Waals surface area (Å²) >= 11 is 0. The van der Waals surface area contributed by atoms with Gasteiger partial charge in [-0.1, -0.05) is 19.1 Å². The van der Waals surface area contributed by atoms with E-state index in [4.69, 9.17) is 4.42 Å². The highest BCUT2D eigenvalue weighted by atomic mass is 16.3. The van der Waals surface area contributed by atoms with E-state index in [1.165, 1.54) is 12.8 Å². The Morgan fingerprint density at radius 2 is 2.04 bits per heavy atom. The maximum absolute atomic E-state index is 12.6. The number of piperidine rings is 2. The molecule has 1 atom stereocenters. The molecular formula is C21H30N4O2. The number of amides is 2. The zero-order chi connectivity index (χ0) is 18.6. The molecule has 27 heavy (non-hydrogen) atoms. The Hall–Kier alpha value is -2.08. The van der Waals surface area contributed by atoms with Crippen molar-refractivity contribution in [2.75, 3.05) is 39.3 Å². The van der Waals surface area contributed by atoms with E-state index in [0.717, 1.165) is 68.5 Å². The molecule has 1 unspecified atom stereocenters. The Morgan fingerprint density at radius 3 is 2.85 bits per heavy atom. The number of fused-ring (bicyclic) bond motifs is 1. The van der Waals surface area contributed by atoms with Gasteiger partial charge in [0.15, 0.2) is 11.5 Å². The van der Waals surface area contributed by atoms with E-state index in [1.54, 1.807) is 0 Å². The van der Waals surface area contributed by atoms with Crippen LogP contribution in [0.4, 0.5) is 4.79 Å². The summed E-state index contributed by atoms with van der Waals surface area (Å²) in [6.07, 6.45) is 4.54. The number of para-hydroxylation sites is 2. The number of likely N-dealkylation sites (tertiary alicyclic amines) is 2. The van der Waals surface area contributed by atoms with Crippen LogP contribution in [0, 0.1) is 5.92 Å². The van der Waals surface area contributed by atoms with Gasteiger partial charge >= 0.3 is 6.03 Å². The van der Waals surface area contributed by atoms with E-state index in [1.807, 2.05) is 29.2 Å². The first-order valence-electron chi connectivity index (χ1n) is 10.3. The van der Waals surface area contributed by atoms with Crippen molar-refractivity contribution in [1.29, 1.82) is 0 Å². The van der Waals surface area contributed by atoms with Gasteiger partial charge in [0.25, 0.3) is 0 Å². The van der Waals surface area contributed by atoms with Crippen LogP contribution in [0.25, 0.3) is 11.1 Å². The summed E-state index contributed by atoms with van der Waals surface area (Å²) in [7, 11) is 0. The van der Waals surface area contributed by atoms with Gasteiger partial charge < -0.3 is 19.5 Å². The number of hydrogen-bond donors (Lipinski definition) is 1. The average molecular weight is 370 g/mol.